The van der Waals surface area contributed by atoms with Gasteiger partial charge in [0.25, 0.3) is 0 Å². The molecule has 0 radical (unpaired) electrons. The molecule has 4 rings (SSSR count). The first kappa shape index (κ1) is 21.4. The highest BCUT2D eigenvalue weighted by molar-refractivity contribution is 6.30. The molecule has 1 aliphatic heterocycles. The van der Waals surface area contributed by atoms with E-state index in [4.69, 9.17) is 21.1 Å². The number of amides is 2. The summed E-state index contributed by atoms with van der Waals surface area (Å²) < 4.78 is 10.6. The van der Waals surface area contributed by atoms with Gasteiger partial charge in [0.2, 0.25) is 0 Å². The first-order chi connectivity index (χ1) is 15.5. The Morgan fingerprint density at radius 2 is 1.88 bits per heavy atom. The first-order valence-corrected chi connectivity index (χ1v) is 10.2. The number of halogens is 1. The maximum absolute atomic E-state index is 12.7. The van der Waals surface area contributed by atoms with E-state index in [1.807, 2.05) is 0 Å². The lowest BCUT2D eigenvalue weighted by Crippen LogP contribution is -2.47. The van der Waals surface area contributed by atoms with Crippen LogP contribution in [-0.2, 0) is 14.3 Å². The number of H-pyrrole nitrogens is 1. The number of nitrogens with zero attached hydrogens (tertiary/aromatic N) is 1. The molecule has 2 amide bonds. The number of carbonyl (C=O) groups excluding carboxylic acids is 3. The highest BCUT2D eigenvalue weighted by Crippen LogP contribution is 2.29. The van der Waals surface area contributed by atoms with Gasteiger partial charge < -0.3 is 20.1 Å². The molecule has 0 saturated heterocycles. The van der Waals surface area contributed by atoms with Crippen LogP contribution in [0.15, 0.2) is 59.9 Å². The fourth-order valence-electron chi connectivity index (χ4n) is 3.37. The van der Waals surface area contributed by atoms with Gasteiger partial charge in [0.1, 0.15) is 6.61 Å². The van der Waals surface area contributed by atoms with Gasteiger partial charge in [-0.3, -0.25) is 5.10 Å². The van der Waals surface area contributed by atoms with Crippen LogP contribution < -0.4 is 10.6 Å². The van der Waals surface area contributed by atoms with E-state index in [-0.39, 0.29) is 24.5 Å². The van der Waals surface area contributed by atoms with E-state index in [1.54, 1.807) is 55.6 Å². The summed E-state index contributed by atoms with van der Waals surface area (Å²) in [6.07, 6.45) is 1.64. The van der Waals surface area contributed by atoms with E-state index in [9.17, 15) is 14.4 Å². The number of aromatic nitrogens is 2. The van der Waals surface area contributed by atoms with Crippen molar-refractivity contribution < 1.29 is 23.9 Å². The van der Waals surface area contributed by atoms with Gasteiger partial charge in [0.05, 0.1) is 41.2 Å². The third kappa shape index (κ3) is 4.42. The minimum atomic E-state index is -0.796. The number of benzene rings is 2. The maximum atomic E-state index is 12.7. The third-order valence-electron chi connectivity index (χ3n) is 4.88. The van der Waals surface area contributed by atoms with Gasteiger partial charge in [-0.05, 0) is 36.8 Å². The van der Waals surface area contributed by atoms with Crippen LogP contribution in [0.3, 0.4) is 0 Å². The van der Waals surface area contributed by atoms with Crippen molar-refractivity contribution in [3.63, 3.8) is 0 Å². The molecular weight excluding hydrogens is 436 g/mol. The van der Waals surface area contributed by atoms with Crippen LogP contribution in [-0.4, -0.2) is 41.4 Å². The molecule has 0 bridgehead atoms. The zero-order chi connectivity index (χ0) is 22.7. The fourth-order valence-corrected chi connectivity index (χ4v) is 3.50. The fraction of sp³-hybridized carbons (Fsp3) is 0.182. The molecule has 0 saturated carbocycles. The lowest BCUT2D eigenvalue weighted by molar-refractivity contribution is -0.139. The zero-order valence-electron chi connectivity index (χ0n) is 17.0. The average molecular weight is 455 g/mol. The van der Waals surface area contributed by atoms with Crippen molar-refractivity contribution in [3.8, 4) is 0 Å². The SMILES string of the molecule is CCOC(=O)C1=C(COC(=O)c2ccc3cn[nH]c3c2)NC(=O)N[C@H]1c1ccc(Cl)cc1. The molecule has 0 spiro atoms. The highest BCUT2D eigenvalue weighted by atomic mass is 35.5. The standard InChI is InChI=1S/C22H19ClN4O5/c1-2-31-21(29)18-17(25-22(30)26-19(18)12-5-7-15(23)8-6-12)11-32-20(28)13-3-4-14-10-24-27-16(14)9-13/h3-10,19H,2,11H2,1H3,(H,24,27)(H2,25,26,30)/t19-/m0/s1. The Balaban J connectivity index is 1.63. The summed E-state index contributed by atoms with van der Waals surface area (Å²) in [5, 5.41) is 13.3. The van der Waals surface area contributed by atoms with Crippen molar-refractivity contribution in [1.29, 1.82) is 0 Å². The number of urea groups is 1. The monoisotopic (exact) mass is 454 g/mol. The number of esters is 2. The van der Waals surface area contributed by atoms with Gasteiger partial charge in [-0.1, -0.05) is 29.8 Å². The largest absolute Gasteiger partial charge is 0.463 e. The van der Waals surface area contributed by atoms with E-state index in [0.717, 1.165) is 5.39 Å². The lowest BCUT2D eigenvalue weighted by atomic mass is 9.95. The van der Waals surface area contributed by atoms with Crippen LogP contribution in [0.4, 0.5) is 4.79 Å². The number of hydrogen-bond acceptors (Lipinski definition) is 6. The van der Waals surface area contributed by atoms with E-state index in [2.05, 4.69) is 20.8 Å². The van der Waals surface area contributed by atoms with Gasteiger partial charge in [0.15, 0.2) is 0 Å². The topological polar surface area (TPSA) is 122 Å². The Hall–Kier alpha value is -3.85. The van der Waals surface area contributed by atoms with E-state index in [0.29, 0.717) is 21.7 Å². The second-order valence-corrected chi connectivity index (χ2v) is 7.38. The molecule has 3 N–H and O–H groups in total. The van der Waals surface area contributed by atoms with Crippen LogP contribution >= 0.6 is 11.6 Å². The van der Waals surface area contributed by atoms with Crippen LogP contribution in [0, 0.1) is 0 Å². The predicted octanol–water partition coefficient (Wildman–Crippen LogP) is 3.24. The van der Waals surface area contributed by atoms with Crippen molar-refractivity contribution in [2.45, 2.75) is 13.0 Å². The van der Waals surface area contributed by atoms with Crippen LogP contribution in [0.5, 0.6) is 0 Å². The molecule has 32 heavy (non-hydrogen) atoms. The Morgan fingerprint density at radius 1 is 1.09 bits per heavy atom. The molecule has 10 heteroatoms. The molecule has 0 fully saturated rings. The smallest absolute Gasteiger partial charge is 0.338 e. The second-order valence-electron chi connectivity index (χ2n) is 6.94. The molecule has 1 atom stereocenters. The highest BCUT2D eigenvalue weighted by Gasteiger charge is 2.34. The number of aromatic amines is 1. The molecule has 0 unspecified atom stereocenters. The lowest BCUT2D eigenvalue weighted by Gasteiger charge is -2.29. The van der Waals surface area contributed by atoms with Gasteiger partial charge in [0, 0.05) is 10.4 Å². The minimum Gasteiger partial charge on any atom is -0.463 e. The average Bonchev–Trinajstić information content (AvgIpc) is 3.25. The van der Waals surface area contributed by atoms with E-state index < -0.39 is 24.0 Å². The molecular formula is C22H19ClN4O5. The summed E-state index contributed by atoms with van der Waals surface area (Å²) >= 11 is 5.96. The Labute approximate surface area is 187 Å². The minimum absolute atomic E-state index is 0.140. The molecule has 3 aromatic rings. The Kier molecular flexibility index (Phi) is 6.09. The van der Waals surface area contributed by atoms with Crippen molar-refractivity contribution in [1.82, 2.24) is 20.8 Å². The number of carbonyl (C=O) groups is 3. The number of nitrogens with one attached hydrogen (secondary N) is 3. The Morgan fingerprint density at radius 3 is 2.62 bits per heavy atom. The van der Waals surface area contributed by atoms with Crippen LogP contribution in [0.25, 0.3) is 10.9 Å². The Bertz CT molecular complexity index is 1220. The van der Waals surface area contributed by atoms with Crippen molar-refractivity contribution in [2.24, 2.45) is 0 Å². The van der Waals surface area contributed by atoms with Crippen molar-refractivity contribution in [3.05, 3.63) is 76.1 Å². The maximum Gasteiger partial charge on any atom is 0.338 e. The summed E-state index contributed by atoms with van der Waals surface area (Å²) in [6.45, 7) is 1.49. The molecule has 1 aliphatic rings. The third-order valence-corrected chi connectivity index (χ3v) is 5.13. The molecule has 2 heterocycles. The summed E-state index contributed by atoms with van der Waals surface area (Å²) in [4.78, 5) is 37.6. The normalized spacial score (nSPS) is 15.8. The molecule has 2 aromatic carbocycles. The number of ether oxygens (including phenoxy) is 2. The van der Waals surface area contributed by atoms with Gasteiger partial charge in [-0.2, -0.15) is 5.10 Å². The van der Waals surface area contributed by atoms with Crippen molar-refractivity contribution >= 4 is 40.5 Å². The number of hydrogen-bond donors (Lipinski definition) is 3. The molecule has 9 nitrogen and oxygen atoms in total. The van der Waals surface area contributed by atoms with E-state index in [1.165, 1.54) is 0 Å². The molecule has 1 aromatic heterocycles. The molecule has 0 aliphatic carbocycles. The first-order valence-electron chi connectivity index (χ1n) is 9.79. The van der Waals surface area contributed by atoms with Gasteiger partial charge in [-0.25, -0.2) is 14.4 Å². The predicted molar refractivity (Wildman–Crippen MR) is 116 cm³/mol. The summed E-state index contributed by atoms with van der Waals surface area (Å²) in [7, 11) is 0. The van der Waals surface area contributed by atoms with Crippen LogP contribution in [0.1, 0.15) is 28.9 Å². The van der Waals surface area contributed by atoms with Gasteiger partial charge >= 0.3 is 18.0 Å². The number of rotatable bonds is 6. The molecule has 164 valence electrons. The van der Waals surface area contributed by atoms with E-state index >= 15 is 0 Å². The van der Waals surface area contributed by atoms with Crippen LogP contribution in [0.2, 0.25) is 5.02 Å². The summed E-state index contributed by atoms with van der Waals surface area (Å²) in [5.41, 5.74) is 1.90. The number of fused-ring (bicyclic) bond motifs is 1. The summed E-state index contributed by atoms with van der Waals surface area (Å²) in [6, 6.07) is 10.3. The van der Waals surface area contributed by atoms with Gasteiger partial charge in [-0.15, -0.1) is 0 Å². The quantitative estimate of drug-likeness (QED) is 0.491. The van der Waals surface area contributed by atoms with Crippen molar-refractivity contribution in [2.75, 3.05) is 13.2 Å². The second kappa shape index (κ2) is 9.11. The summed E-state index contributed by atoms with van der Waals surface area (Å²) in [5.74, 6) is -1.25. The zero-order valence-corrected chi connectivity index (χ0v) is 17.7.